The highest BCUT2D eigenvalue weighted by atomic mass is 35.5. The minimum atomic E-state index is -0.480. The van der Waals surface area contributed by atoms with E-state index < -0.39 is 4.92 Å². The predicted molar refractivity (Wildman–Crippen MR) is 90.1 cm³/mol. The van der Waals surface area contributed by atoms with Gasteiger partial charge in [0.05, 0.1) is 23.9 Å². The summed E-state index contributed by atoms with van der Waals surface area (Å²) >= 11 is 5.81. The third-order valence-corrected chi connectivity index (χ3v) is 3.58. The quantitative estimate of drug-likeness (QED) is 0.464. The Morgan fingerprint density at radius 1 is 1.46 bits per heavy atom. The summed E-state index contributed by atoms with van der Waals surface area (Å²) in [6.07, 6.45) is 1.90. The summed E-state index contributed by atoms with van der Waals surface area (Å²) < 4.78 is 5.13. The van der Waals surface area contributed by atoms with Crippen molar-refractivity contribution in [2.24, 2.45) is 0 Å². The highest BCUT2D eigenvalue weighted by Crippen LogP contribution is 2.36. The molecule has 9 heteroatoms. The molecule has 0 saturated carbocycles. The Morgan fingerprint density at radius 2 is 2.21 bits per heavy atom. The molecule has 0 aliphatic heterocycles. The lowest BCUT2D eigenvalue weighted by Gasteiger charge is -2.24. The van der Waals surface area contributed by atoms with E-state index in [0.717, 1.165) is 0 Å². The van der Waals surface area contributed by atoms with Crippen molar-refractivity contribution in [3.63, 3.8) is 0 Å². The number of methoxy groups -OCH3 is 1. The van der Waals surface area contributed by atoms with Gasteiger partial charge in [0, 0.05) is 24.8 Å². The standard InChI is InChI=1S/C15H17ClN4O4/c1-10-8-13(24-2)18-15(14(10)20(22)23)19(6-3-7-21)11-4-5-12(16)17-9-11/h4-5,8-9,21H,3,6-7H2,1-2H3. The van der Waals surface area contributed by atoms with Crippen molar-refractivity contribution < 1.29 is 14.8 Å². The van der Waals surface area contributed by atoms with E-state index >= 15 is 0 Å². The number of nitro groups is 1. The Kier molecular flexibility index (Phi) is 5.88. The highest BCUT2D eigenvalue weighted by Gasteiger charge is 2.26. The van der Waals surface area contributed by atoms with Crippen molar-refractivity contribution in [2.45, 2.75) is 13.3 Å². The maximum absolute atomic E-state index is 11.5. The number of pyridine rings is 2. The van der Waals surface area contributed by atoms with E-state index in [-0.39, 0.29) is 24.0 Å². The van der Waals surface area contributed by atoms with Crippen LogP contribution < -0.4 is 9.64 Å². The van der Waals surface area contributed by atoms with Gasteiger partial charge in [0.15, 0.2) is 0 Å². The van der Waals surface area contributed by atoms with Crippen LogP contribution in [-0.4, -0.2) is 40.3 Å². The fourth-order valence-electron chi connectivity index (χ4n) is 2.25. The van der Waals surface area contributed by atoms with E-state index in [1.165, 1.54) is 19.4 Å². The molecule has 2 aromatic rings. The molecule has 24 heavy (non-hydrogen) atoms. The average molecular weight is 353 g/mol. The van der Waals surface area contributed by atoms with Crippen LogP contribution in [0.1, 0.15) is 12.0 Å². The van der Waals surface area contributed by atoms with Gasteiger partial charge in [0.25, 0.3) is 0 Å². The van der Waals surface area contributed by atoms with E-state index in [1.807, 2.05) is 0 Å². The molecule has 2 heterocycles. The normalized spacial score (nSPS) is 10.5. The first kappa shape index (κ1) is 17.9. The number of aromatic nitrogens is 2. The zero-order chi connectivity index (χ0) is 17.7. The molecule has 128 valence electrons. The van der Waals surface area contributed by atoms with Crippen molar-refractivity contribution in [3.05, 3.63) is 45.2 Å². The van der Waals surface area contributed by atoms with Crippen LogP contribution in [0.4, 0.5) is 17.2 Å². The summed E-state index contributed by atoms with van der Waals surface area (Å²) in [4.78, 5) is 20.9. The summed E-state index contributed by atoms with van der Waals surface area (Å²) in [5.41, 5.74) is 0.887. The minimum Gasteiger partial charge on any atom is -0.481 e. The van der Waals surface area contributed by atoms with Gasteiger partial charge in [-0.1, -0.05) is 11.6 Å². The largest absolute Gasteiger partial charge is 0.481 e. The number of anilines is 2. The number of hydrogen-bond acceptors (Lipinski definition) is 7. The van der Waals surface area contributed by atoms with Gasteiger partial charge in [-0.25, -0.2) is 4.98 Å². The van der Waals surface area contributed by atoms with Crippen molar-refractivity contribution >= 4 is 28.8 Å². The molecule has 0 unspecified atom stereocenters. The Labute approximate surface area is 143 Å². The van der Waals surface area contributed by atoms with Gasteiger partial charge in [-0.3, -0.25) is 10.1 Å². The number of hydrogen-bond donors (Lipinski definition) is 1. The molecule has 0 aliphatic rings. The number of nitrogens with zero attached hydrogens (tertiary/aromatic N) is 4. The molecule has 0 radical (unpaired) electrons. The highest BCUT2D eigenvalue weighted by molar-refractivity contribution is 6.29. The maximum Gasteiger partial charge on any atom is 0.315 e. The Morgan fingerprint density at radius 3 is 2.75 bits per heavy atom. The van der Waals surface area contributed by atoms with Crippen LogP contribution in [-0.2, 0) is 0 Å². The molecule has 0 fully saturated rings. The van der Waals surface area contributed by atoms with Crippen LogP contribution in [0, 0.1) is 17.0 Å². The van der Waals surface area contributed by atoms with Crippen LogP contribution in [0.2, 0.25) is 5.15 Å². The molecular weight excluding hydrogens is 336 g/mol. The fraction of sp³-hybridized carbons (Fsp3) is 0.333. The van der Waals surface area contributed by atoms with E-state index in [2.05, 4.69) is 9.97 Å². The van der Waals surface area contributed by atoms with Gasteiger partial charge in [-0.15, -0.1) is 0 Å². The number of rotatable bonds is 7. The number of aryl methyl sites for hydroxylation is 1. The molecule has 8 nitrogen and oxygen atoms in total. The zero-order valence-electron chi connectivity index (χ0n) is 13.3. The lowest BCUT2D eigenvalue weighted by molar-refractivity contribution is -0.384. The second-order valence-corrected chi connectivity index (χ2v) is 5.37. The molecule has 0 spiro atoms. The average Bonchev–Trinajstić information content (AvgIpc) is 2.55. The summed E-state index contributed by atoms with van der Waals surface area (Å²) in [5.74, 6) is 0.401. The summed E-state index contributed by atoms with van der Waals surface area (Å²) in [7, 11) is 1.44. The first-order valence-corrected chi connectivity index (χ1v) is 7.55. The maximum atomic E-state index is 11.5. The van der Waals surface area contributed by atoms with E-state index in [1.54, 1.807) is 24.0 Å². The third-order valence-electron chi connectivity index (χ3n) is 3.35. The van der Waals surface area contributed by atoms with Gasteiger partial charge in [-0.2, -0.15) is 4.98 Å². The first-order valence-electron chi connectivity index (χ1n) is 7.18. The molecular formula is C15H17ClN4O4. The molecule has 0 aliphatic carbocycles. The van der Waals surface area contributed by atoms with E-state index in [9.17, 15) is 10.1 Å². The monoisotopic (exact) mass is 352 g/mol. The van der Waals surface area contributed by atoms with Crippen LogP contribution in [0.15, 0.2) is 24.4 Å². The van der Waals surface area contributed by atoms with Crippen LogP contribution in [0.3, 0.4) is 0 Å². The second-order valence-electron chi connectivity index (χ2n) is 4.98. The number of aliphatic hydroxyl groups is 1. The van der Waals surface area contributed by atoms with E-state index in [0.29, 0.717) is 29.4 Å². The van der Waals surface area contributed by atoms with Crippen LogP contribution >= 0.6 is 11.6 Å². The topological polar surface area (TPSA) is 102 Å². The van der Waals surface area contributed by atoms with Crippen molar-refractivity contribution in [1.29, 1.82) is 0 Å². The van der Waals surface area contributed by atoms with Gasteiger partial charge < -0.3 is 14.7 Å². The van der Waals surface area contributed by atoms with Crippen molar-refractivity contribution in [3.8, 4) is 5.88 Å². The van der Waals surface area contributed by atoms with Crippen molar-refractivity contribution in [2.75, 3.05) is 25.2 Å². The molecule has 2 rings (SSSR count). The summed E-state index contributed by atoms with van der Waals surface area (Å²) in [5, 5.41) is 21.0. The smallest absolute Gasteiger partial charge is 0.315 e. The lowest BCUT2D eigenvalue weighted by atomic mass is 10.2. The molecule has 0 aromatic carbocycles. The molecule has 1 N–H and O–H groups in total. The third kappa shape index (κ3) is 3.90. The van der Waals surface area contributed by atoms with E-state index in [4.69, 9.17) is 21.4 Å². The zero-order valence-corrected chi connectivity index (χ0v) is 14.0. The molecule has 0 saturated heterocycles. The molecule has 0 bridgehead atoms. The number of ether oxygens (including phenoxy) is 1. The van der Waals surface area contributed by atoms with Gasteiger partial charge in [-0.05, 0) is 25.5 Å². The molecule has 0 atom stereocenters. The Hall–Kier alpha value is -2.45. The minimum absolute atomic E-state index is 0.0612. The first-order chi connectivity index (χ1) is 11.5. The number of aliphatic hydroxyl groups excluding tert-OH is 1. The molecule has 2 aromatic heterocycles. The fourth-order valence-corrected chi connectivity index (χ4v) is 2.36. The predicted octanol–water partition coefficient (Wildman–Crippen LogP) is 2.88. The van der Waals surface area contributed by atoms with Gasteiger partial charge >= 0.3 is 5.69 Å². The SMILES string of the molecule is COc1cc(C)c([N+](=O)[O-])c(N(CCCO)c2ccc(Cl)nc2)n1. The van der Waals surface area contributed by atoms with Gasteiger partial charge in [0.1, 0.15) is 5.15 Å². The number of halogens is 1. The summed E-state index contributed by atoms with van der Waals surface area (Å²) in [6.45, 7) is 1.88. The Bertz CT molecular complexity index is 724. The van der Waals surface area contributed by atoms with Crippen LogP contribution in [0.5, 0.6) is 5.88 Å². The Balaban J connectivity index is 2.61. The lowest BCUT2D eigenvalue weighted by Crippen LogP contribution is -2.22. The van der Waals surface area contributed by atoms with Gasteiger partial charge in [0.2, 0.25) is 11.7 Å². The molecule has 0 amide bonds. The summed E-state index contributed by atoms with van der Waals surface area (Å²) in [6, 6.07) is 4.78. The van der Waals surface area contributed by atoms with Crippen LogP contribution in [0.25, 0.3) is 0 Å². The second kappa shape index (κ2) is 7.89. The van der Waals surface area contributed by atoms with Crippen molar-refractivity contribution in [1.82, 2.24) is 9.97 Å².